The first-order valence-electron chi connectivity index (χ1n) is 7.84. The maximum Gasteiger partial charge on any atom is 0.265 e. The van der Waals surface area contributed by atoms with Crippen molar-refractivity contribution in [2.45, 2.75) is 33.7 Å². The number of benzene rings is 1. The Morgan fingerprint density at radius 2 is 2.04 bits per heavy atom. The fourth-order valence-corrected chi connectivity index (χ4v) is 2.68. The molecule has 0 unspecified atom stereocenters. The van der Waals surface area contributed by atoms with E-state index in [0.29, 0.717) is 16.9 Å². The van der Waals surface area contributed by atoms with Crippen molar-refractivity contribution in [3.63, 3.8) is 0 Å². The van der Waals surface area contributed by atoms with Crippen molar-refractivity contribution in [2.75, 3.05) is 5.32 Å². The van der Waals surface area contributed by atoms with E-state index in [1.165, 1.54) is 10.9 Å². The molecule has 3 aromatic rings. The highest BCUT2D eigenvalue weighted by Crippen LogP contribution is 2.19. The van der Waals surface area contributed by atoms with Crippen LogP contribution in [0.3, 0.4) is 0 Å². The third-order valence-electron chi connectivity index (χ3n) is 4.14. The Kier molecular flexibility index (Phi) is 4.20. The van der Waals surface area contributed by atoms with Gasteiger partial charge in [0.05, 0.1) is 0 Å². The molecule has 2 heterocycles. The second kappa shape index (κ2) is 6.31. The van der Waals surface area contributed by atoms with E-state index in [9.17, 15) is 9.59 Å². The number of carbonyl (C=O) groups excluding carboxylic acids is 1. The molecule has 0 bridgehead atoms. The van der Waals surface area contributed by atoms with E-state index in [1.807, 2.05) is 38.1 Å². The van der Waals surface area contributed by atoms with Crippen LogP contribution in [0.4, 0.5) is 5.69 Å². The number of amides is 1. The zero-order chi connectivity index (χ0) is 17.3. The summed E-state index contributed by atoms with van der Waals surface area (Å²) in [5, 5.41) is 3.28. The summed E-state index contributed by atoms with van der Waals surface area (Å²) in [6.45, 7) is 5.53. The normalized spacial score (nSPS) is 11.0. The number of nitrogens with zero attached hydrogens (tertiary/aromatic N) is 2. The molecule has 0 aliphatic rings. The maximum atomic E-state index is 12.6. The summed E-state index contributed by atoms with van der Waals surface area (Å²) in [7, 11) is 0. The Balaban J connectivity index is 1.87. The summed E-state index contributed by atoms with van der Waals surface area (Å²) in [6.07, 6.45) is 2.16. The molecule has 2 aromatic heterocycles. The minimum Gasteiger partial charge on any atom is -0.443 e. The van der Waals surface area contributed by atoms with Crippen molar-refractivity contribution >= 4 is 22.7 Å². The van der Waals surface area contributed by atoms with Crippen molar-refractivity contribution < 1.29 is 9.21 Å². The SMILES string of the molecule is CCc1ccccc1NC(=O)Cn1cnc2oc(C)c(C)c2c1=O. The Hall–Kier alpha value is -2.89. The van der Waals surface area contributed by atoms with Crippen molar-refractivity contribution in [1.82, 2.24) is 9.55 Å². The van der Waals surface area contributed by atoms with E-state index in [1.54, 1.807) is 6.92 Å². The van der Waals surface area contributed by atoms with Gasteiger partial charge in [-0.05, 0) is 31.9 Å². The van der Waals surface area contributed by atoms with E-state index >= 15 is 0 Å². The summed E-state index contributed by atoms with van der Waals surface area (Å²) in [5.74, 6) is 0.394. The van der Waals surface area contributed by atoms with E-state index < -0.39 is 0 Å². The number of aromatic nitrogens is 2. The van der Waals surface area contributed by atoms with Crippen LogP contribution >= 0.6 is 0 Å². The molecule has 6 heteroatoms. The van der Waals surface area contributed by atoms with Gasteiger partial charge in [0.15, 0.2) is 0 Å². The fraction of sp³-hybridized carbons (Fsp3) is 0.278. The number of para-hydroxylation sites is 1. The van der Waals surface area contributed by atoms with Crippen molar-refractivity contribution in [3.8, 4) is 0 Å². The lowest BCUT2D eigenvalue weighted by atomic mass is 10.1. The zero-order valence-electron chi connectivity index (χ0n) is 13.9. The van der Waals surface area contributed by atoms with Gasteiger partial charge in [-0.15, -0.1) is 0 Å². The largest absolute Gasteiger partial charge is 0.443 e. The van der Waals surface area contributed by atoms with Gasteiger partial charge in [0.25, 0.3) is 5.56 Å². The van der Waals surface area contributed by atoms with Gasteiger partial charge in [-0.2, -0.15) is 0 Å². The second-order valence-corrected chi connectivity index (χ2v) is 5.70. The number of hydrogen-bond acceptors (Lipinski definition) is 4. The predicted molar refractivity (Wildman–Crippen MR) is 92.2 cm³/mol. The average Bonchev–Trinajstić information content (AvgIpc) is 2.86. The minimum atomic E-state index is -0.270. The van der Waals surface area contributed by atoms with Crippen molar-refractivity contribution in [3.05, 3.63) is 57.8 Å². The van der Waals surface area contributed by atoms with Crippen LogP contribution in [0.5, 0.6) is 0 Å². The lowest BCUT2D eigenvalue weighted by Crippen LogP contribution is -2.28. The molecule has 0 saturated carbocycles. The second-order valence-electron chi connectivity index (χ2n) is 5.70. The van der Waals surface area contributed by atoms with Gasteiger partial charge in [0.2, 0.25) is 11.6 Å². The first kappa shape index (κ1) is 16.0. The van der Waals surface area contributed by atoms with Gasteiger partial charge in [0, 0.05) is 11.3 Å². The number of rotatable bonds is 4. The monoisotopic (exact) mass is 325 g/mol. The molecule has 0 aliphatic heterocycles. The van der Waals surface area contributed by atoms with Crippen molar-refractivity contribution in [1.29, 1.82) is 0 Å². The summed E-state index contributed by atoms with van der Waals surface area (Å²) in [6, 6.07) is 7.62. The molecule has 24 heavy (non-hydrogen) atoms. The number of aryl methyl sites for hydroxylation is 3. The molecule has 124 valence electrons. The van der Waals surface area contributed by atoms with Gasteiger partial charge in [-0.1, -0.05) is 25.1 Å². The van der Waals surface area contributed by atoms with Crippen molar-refractivity contribution in [2.24, 2.45) is 0 Å². The van der Waals surface area contributed by atoms with Gasteiger partial charge in [-0.3, -0.25) is 14.2 Å². The lowest BCUT2D eigenvalue weighted by molar-refractivity contribution is -0.116. The minimum absolute atomic E-state index is 0.0938. The summed E-state index contributed by atoms with van der Waals surface area (Å²) in [4.78, 5) is 29.0. The quantitative estimate of drug-likeness (QED) is 0.800. The topological polar surface area (TPSA) is 77.1 Å². The molecule has 6 nitrogen and oxygen atoms in total. The molecule has 1 amide bonds. The van der Waals surface area contributed by atoms with Crippen LogP contribution in [-0.2, 0) is 17.8 Å². The van der Waals surface area contributed by atoms with E-state index in [-0.39, 0.29) is 18.0 Å². The highest BCUT2D eigenvalue weighted by atomic mass is 16.3. The number of furan rings is 1. The third kappa shape index (κ3) is 2.82. The average molecular weight is 325 g/mol. The summed E-state index contributed by atoms with van der Waals surface area (Å²) in [5.41, 5.74) is 2.61. The zero-order valence-corrected chi connectivity index (χ0v) is 13.9. The molecule has 1 aromatic carbocycles. The molecule has 0 fully saturated rings. The Morgan fingerprint density at radius 3 is 2.79 bits per heavy atom. The highest BCUT2D eigenvalue weighted by Gasteiger charge is 2.15. The van der Waals surface area contributed by atoms with E-state index in [2.05, 4.69) is 10.3 Å². The molecular formula is C18H19N3O3. The number of anilines is 1. The molecule has 0 radical (unpaired) electrons. The Labute approximate surface area is 139 Å². The van der Waals surface area contributed by atoms with E-state index in [4.69, 9.17) is 4.42 Å². The predicted octanol–water partition coefficient (Wildman–Crippen LogP) is 2.81. The van der Waals surface area contributed by atoms with Gasteiger partial charge < -0.3 is 9.73 Å². The molecule has 0 spiro atoms. The van der Waals surface area contributed by atoms with E-state index in [0.717, 1.165) is 23.2 Å². The maximum absolute atomic E-state index is 12.6. The van der Waals surface area contributed by atoms with Crippen LogP contribution < -0.4 is 10.9 Å². The fourth-order valence-electron chi connectivity index (χ4n) is 2.68. The van der Waals surface area contributed by atoms with Gasteiger partial charge in [-0.25, -0.2) is 4.98 Å². The first-order chi connectivity index (χ1) is 11.5. The number of carbonyl (C=O) groups is 1. The molecule has 0 saturated heterocycles. The third-order valence-corrected chi connectivity index (χ3v) is 4.14. The smallest absolute Gasteiger partial charge is 0.265 e. The van der Waals surface area contributed by atoms with Gasteiger partial charge >= 0.3 is 0 Å². The van der Waals surface area contributed by atoms with Crippen LogP contribution in [0, 0.1) is 13.8 Å². The Morgan fingerprint density at radius 1 is 1.29 bits per heavy atom. The standard InChI is InChI=1S/C18H19N3O3/c1-4-13-7-5-6-8-14(13)20-15(22)9-21-10-19-17-16(18(21)23)11(2)12(3)24-17/h5-8,10H,4,9H2,1-3H3,(H,20,22). The van der Waals surface area contributed by atoms with Crippen LogP contribution in [0.2, 0.25) is 0 Å². The molecule has 1 N–H and O–H groups in total. The van der Waals surface area contributed by atoms with Crippen LogP contribution in [0.1, 0.15) is 23.8 Å². The summed E-state index contributed by atoms with van der Waals surface area (Å²) >= 11 is 0. The van der Waals surface area contributed by atoms with Crippen LogP contribution in [0.15, 0.2) is 39.8 Å². The van der Waals surface area contributed by atoms with Crippen LogP contribution in [0.25, 0.3) is 11.1 Å². The highest BCUT2D eigenvalue weighted by molar-refractivity contribution is 5.91. The lowest BCUT2D eigenvalue weighted by Gasteiger charge is -2.10. The number of fused-ring (bicyclic) bond motifs is 1. The van der Waals surface area contributed by atoms with Crippen LogP contribution in [-0.4, -0.2) is 15.5 Å². The van der Waals surface area contributed by atoms with Gasteiger partial charge in [0.1, 0.15) is 24.0 Å². The molecular weight excluding hydrogens is 306 g/mol. The number of hydrogen-bond donors (Lipinski definition) is 1. The summed E-state index contributed by atoms with van der Waals surface area (Å²) < 4.78 is 6.74. The molecule has 0 atom stereocenters. The molecule has 0 aliphatic carbocycles. The molecule has 3 rings (SSSR count). The first-order valence-corrected chi connectivity index (χ1v) is 7.84. The Bertz CT molecular complexity index is 969. The number of nitrogens with one attached hydrogen (secondary N) is 1.